The molecular formula is C54H56N2O4. The minimum absolute atomic E-state index is 0.224. The second-order valence-corrected chi connectivity index (χ2v) is 15.5. The number of anilines is 6. The summed E-state index contributed by atoms with van der Waals surface area (Å²) in [6, 6.07) is 43.5. The smallest absolute Gasteiger partial charge is 0.306 e. The first kappa shape index (κ1) is 42.9. The fraction of sp³-hybridized carbons (Fsp3) is 0.222. The summed E-state index contributed by atoms with van der Waals surface area (Å²) in [5.74, 6) is -0.448. The number of ether oxygens (including phenoxy) is 2. The van der Waals surface area contributed by atoms with Crippen molar-refractivity contribution >= 4 is 46.1 Å². The standard InChI is InChI=1S/C54H56N2O4/c1-9-31-59-53(57)29-17-43-13-23-47(24-14-43)55(49-21-11-37(3)39(5)35-49)51-27-19-45(33-41(51)7)46-20-28-52(42(8)34-46)56(50-22-12-38(4)40(6)36-50)48-25-15-44(16-26-48)18-30-54(58)60-32-10-2/h9-16,19-28,33-36H,1-2,17-18,29-32H2,3-8H3. The lowest BCUT2D eigenvalue weighted by molar-refractivity contribution is -0.143. The summed E-state index contributed by atoms with van der Waals surface area (Å²) in [6.07, 6.45) is 5.03. The van der Waals surface area contributed by atoms with E-state index < -0.39 is 0 Å². The molecule has 6 nitrogen and oxygen atoms in total. The van der Waals surface area contributed by atoms with Gasteiger partial charge in [-0.2, -0.15) is 0 Å². The van der Waals surface area contributed by atoms with Crippen LogP contribution in [-0.4, -0.2) is 25.2 Å². The van der Waals surface area contributed by atoms with Crippen molar-refractivity contribution in [3.63, 3.8) is 0 Å². The number of nitrogens with zero attached hydrogens (tertiary/aromatic N) is 2. The summed E-state index contributed by atoms with van der Waals surface area (Å²) in [7, 11) is 0. The summed E-state index contributed by atoms with van der Waals surface area (Å²) >= 11 is 0. The zero-order chi connectivity index (χ0) is 42.8. The molecule has 60 heavy (non-hydrogen) atoms. The van der Waals surface area contributed by atoms with Crippen LogP contribution < -0.4 is 9.80 Å². The van der Waals surface area contributed by atoms with E-state index in [9.17, 15) is 9.59 Å². The Morgan fingerprint density at radius 3 is 1.15 bits per heavy atom. The SMILES string of the molecule is C=CCOC(=O)CCc1ccc(N(c2ccc(C)c(C)c2)c2ccc(-c3ccc(N(c4ccc(CCC(=O)OCC=C)cc4)c4ccc(C)c(C)c4)c(C)c3)cc2C)cc1. The van der Waals surface area contributed by atoms with E-state index >= 15 is 0 Å². The van der Waals surface area contributed by atoms with Crippen LogP contribution in [0, 0.1) is 41.5 Å². The third-order valence-corrected chi connectivity index (χ3v) is 11.1. The van der Waals surface area contributed by atoms with Crippen molar-refractivity contribution in [3.8, 4) is 11.1 Å². The molecule has 0 N–H and O–H groups in total. The fourth-order valence-corrected chi connectivity index (χ4v) is 7.32. The Morgan fingerprint density at radius 2 is 0.817 bits per heavy atom. The highest BCUT2D eigenvalue weighted by Crippen LogP contribution is 2.41. The molecule has 0 saturated carbocycles. The average molecular weight is 797 g/mol. The van der Waals surface area contributed by atoms with E-state index in [1.807, 2.05) is 0 Å². The Hall–Kier alpha value is -6.66. The molecule has 0 atom stereocenters. The third kappa shape index (κ3) is 10.5. The van der Waals surface area contributed by atoms with Crippen LogP contribution in [0.2, 0.25) is 0 Å². The third-order valence-electron chi connectivity index (χ3n) is 11.1. The minimum atomic E-state index is -0.224. The van der Waals surface area contributed by atoms with E-state index in [1.54, 1.807) is 12.2 Å². The van der Waals surface area contributed by atoms with E-state index in [0.717, 1.165) is 67.5 Å². The first-order valence-electron chi connectivity index (χ1n) is 20.6. The number of carbonyl (C=O) groups excluding carboxylic acids is 2. The number of carbonyl (C=O) groups is 2. The first-order valence-corrected chi connectivity index (χ1v) is 20.6. The lowest BCUT2D eigenvalue weighted by Crippen LogP contribution is -2.12. The second kappa shape index (κ2) is 19.9. The van der Waals surface area contributed by atoms with Crippen molar-refractivity contribution in [3.05, 3.63) is 191 Å². The number of hydrogen-bond donors (Lipinski definition) is 0. The molecule has 0 unspecified atom stereocenters. The molecular weight excluding hydrogens is 741 g/mol. The van der Waals surface area contributed by atoms with Crippen LogP contribution in [-0.2, 0) is 31.9 Å². The maximum absolute atomic E-state index is 12.1. The van der Waals surface area contributed by atoms with Crippen LogP contribution in [0.25, 0.3) is 11.1 Å². The van der Waals surface area contributed by atoms with Crippen molar-refractivity contribution < 1.29 is 19.1 Å². The van der Waals surface area contributed by atoms with Crippen LogP contribution >= 0.6 is 0 Å². The van der Waals surface area contributed by atoms with Crippen LogP contribution in [0.1, 0.15) is 57.3 Å². The topological polar surface area (TPSA) is 59.1 Å². The van der Waals surface area contributed by atoms with Crippen molar-refractivity contribution in [2.75, 3.05) is 23.0 Å². The van der Waals surface area contributed by atoms with Gasteiger partial charge in [0.05, 0.1) is 0 Å². The van der Waals surface area contributed by atoms with Gasteiger partial charge in [0.1, 0.15) is 13.2 Å². The summed E-state index contributed by atoms with van der Waals surface area (Å²) in [5.41, 5.74) is 18.1. The van der Waals surface area contributed by atoms with Gasteiger partial charge in [0.15, 0.2) is 0 Å². The van der Waals surface area contributed by atoms with Gasteiger partial charge >= 0.3 is 11.9 Å². The van der Waals surface area contributed by atoms with Crippen LogP contribution in [0.5, 0.6) is 0 Å². The Morgan fingerprint density at radius 1 is 0.450 bits per heavy atom. The van der Waals surface area contributed by atoms with Gasteiger partial charge in [-0.3, -0.25) is 9.59 Å². The Kier molecular flexibility index (Phi) is 14.2. The highest BCUT2D eigenvalue weighted by Gasteiger charge is 2.19. The molecule has 0 bridgehead atoms. The number of rotatable bonds is 17. The molecule has 6 aromatic carbocycles. The molecule has 0 amide bonds. The van der Waals surface area contributed by atoms with Crippen molar-refractivity contribution in [2.45, 2.75) is 67.2 Å². The van der Waals surface area contributed by atoms with Crippen molar-refractivity contribution in [2.24, 2.45) is 0 Å². The summed E-state index contributed by atoms with van der Waals surface area (Å²) in [6.45, 7) is 20.6. The first-order chi connectivity index (χ1) is 28.9. The van der Waals surface area contributed by atoms with E-state index in [4.69, 9.17) is 9.47 Å². The molecule has 0 fully saturated rings. The fourth-order valence-electron chi connectivity index (χ4n) is 7.32. The van der Waals surface area contributed by atoms with E-state index in [1.165, 1.54) is 22.3 Å². The largest absolute Gasteiger partial charge is 0.461 e. The van der Waals surface area contributed by atoms with Crippen molar-refractivity contribution in [1.29, 1.82) is 0 Å². The molecule has 0 aliphatic rings. The molecule has 0 aliphatic carbocycles. The van der Waals surface area contributed by atoms with Crippen LogP contribution in [0.3, 0.4) is 0 Å². The van der Waals surface area contributed by atoms with E-state index in [-0.39, 0.29) is 25.2 Å². The summed E-state index contributed by atoms with van der Waals surface area (Å²) in [4.78, 5) is 28.9. The average Bonchev–Trinajstić information content (AvgIpc) is 3.25. The molecule has 0 heterocycles. The molecule has 6 rings (SSSR count). The van der Waals surface area contributed by atoms with Gasteiger partial charge in [-0.05, 0) is 183 Å². The maximum atomic E-state index is 12.1. The molecule has 0 aromatic heterocycles. The summed E-state index contributed by atoms with van der Waals surface area (Å²) in [5, 5.41) is 0. The van der Waals surface area contributed by atoms with Gasteiger partial charge < -0.3 is 19.3 Å². The molecule has 0 aliphatic heterocycles. The number of hydrogen-bond acceptors (Lipinski definition) is 6. The highest BCUT2D eigenvalue weighted by molar-refractivity contribution is 5.84. The van der Waals surface area contributed by atoms with Gasteiger partial charge in [-0.25, -0.2) is 0 Å². The zero-order valence-electron chi connectivity index (χ0n) is 35.9. The quantitative estimate of drug-likeness (QED) is 0.0677. The normalized spacial score (nSPS) is 10.8. The molecule has 0 saturated heterocycles. The van der Waals surface area contributed by atoms with E-state index in [0.29, 0.717) is 25.7 Å². The summed E-state index contributed by atoms with van der Waals surface area (Å²) < 4.78 is 10.4. The van der Waals surface area contributed by atoms with E-state index in [2.05, 4.69) is 186 Å². The van der Waals surface area contributed by atoms with Gasteiger partial charge in [0, 0.05) is 47.0 Å². The number of benzene rings is 6. The van der Waals surface area contributed by atoms with Crippen LogP contribution in [0.4, 0.5) is 34.1 Å². The predicted molar refractivity (Wildman–Crippen MR) is 249 cm³/mol. The maximum Gasteiger partial charge on any atom is 0.306 e. The van der Waals surface area contributed by atoms with Crippen molar-refractivity contribution in [1.82, 2.24) is 0 Å². The lowest BCUT2D eigenvalue weighted by atomic mass is 9.98. The molecule has 6 aromatic rings. The molecule has 0 radical (unpaired) electrons. The second-order valence-electron chi connectivity index (χ2n) is 15.5. The molecule has 6 heteroatoms. The Balaban J connectivity index is 1.30. The lowest BCUT2D eigenvalue weighted by Gasteiger charge is -2.29. The number of aryl methyl sites for hydroxylation is 8. The van der Waals surface area contributed by atoms with Gasteiger partial charge in [-0.1, -0.05) is 73.8 Å². The molecule has 306 valence electrons. The monoisotopic (exact) mass is 796 g/mol. The number of esters is 2. The van der Waals surface area contributed by atoms with Crippen LogP contribution in [0.15, 0.2) is 147 Å². The van der Waals surface area contributed by atoms with Gasteiger partial charge in [-0.15, -0.1) is 0 Å². The Labute approximate surface area is 356 Å². The molecule has 0 spiro atoms. The minimum Gasteiger partial charge on any atom is -0.461 e. The predicted octanol–water partition coefficient (Wildman–Crippen LogP) is 13.5. The van der Waals surface area contributed by atoms with Gasteiger partial charge in [0.2, 0.25) is 0 Å². The zero-order valence-corrected chi connectivity index (χ0v) is 35.9. The van der Waals surface area contributed by atoms with Gasteiger partial charge in [0.25, 0.3) is 0 Å². The Bertz CT molecular complexity index is 2310. The highest BCUT2D eigenvalue weighted by atomic mass is 16.5.